The van der Waals surface area contributed by atoms with E-state index in [2.05, 4.69) is 59.7 Å². The van der Waals surface area contributed by atoms with Crippen molar-refractivity contribution in [3.05, 3.63) is 113 Å². The van der Waals surface area contributed by atoms with Crippen molar-refractivity contribution in [2.45, 2.75) is 83.3 Å². The second kappa shape index (κ2) is 19.3. The number of nitrogens with one attached hydrogen (secondary N) is 1. The van der Waals surface area contributed by atoms with Crippen LogP contribution < -0.4 is 16.0 Å². The highest BCUT2D eigenvalue weighted by molar-refractivity contribution is 7.13. The van der Waals surface area contributed by atoms with Crippen LogP contribution in [0.25, 0.3) is 32.8 Å². The third-order valence-corrected chi connectivity index (χ3v) is 17.5. The van der Waals surface area contributed by atoms with Gasteiger partial charge in [0.1, 0.15) is 17.4 Å². The molecule has 3 aliphatic rings. The Morgan fingerprint density at radius 2 is 1.61 bits per heavy atom. The normalized spacial score (nSPS) is 18.5. The molecule has 1 unspecified atom stereocenters. The van der Waals surface area contributed by atoms with Gasteiger partial charge in [0.25, 0.3) is 8.96 Å². The molecular weight excluding hydrogens is 867 g/mol. The van der Waals surface area contributed by atoms with Gasteiger partial charge in [0, 0.05) is 54.0 Å². The summed E-state index contributed by atoms with van der Waals surface area (Å²) in [5.41, 5.74) is 15.8. The summed E-state index contributed by atoms with van der Waals surface area (Å²) in [6.07, 6.45) is 4.05. The number of hydrogen-bond donors (Lipinski definition) is 3. The molecule has 3 aromatic heterocycles. The molecule has 6 aromatic rings. The smallest absolute Gasteiger partial charge is 0.253 e. The zero-order valence-corrected chi connectivity index (χ0v) is 39.9. The number of anilines is 2. The molecule has 0 bridgehead atoms. The summed E-state index contributed by atoms with van der Waals surface area (Å²) in [6, 6.07) is 27.7. The number of carbonyl (C=O) groups excluding carboxylic acids is 3. The van der Waals surface area contributed by atoms with E-state index in [1.807, 2.05) is 81.7 Å². The number of para-hydroxylation sites is 1. The summed E-state index contributed by atoms with van der Waals surface area (Å²) in [7, 11) is -2.66. The molecule has 14 nitrogen and oxygen atoms in total. The maximum absolute atomic E-state index is 14.4. The van der Waals surface area contributed by atoms with Gasteiger partial charge >= 0.3 is 0 Å². The van der Waals surface area contributed by atoms with E-state index in [9.17, 15) is 19.5 Å². The summed E-state index contributed by atoms with van der Waals surface area (Å²) < 4.78 is 7.54. The van der Waals surface area contributed by atoms with Crippen molar-refractivity contribution < 1.29 is 24.0 Å². The standard InChI is InChI=1S/C50H57N9O5SSi/c1-30(2)46(49(62)59-27-39(60)28-66(59)50(63)53-31(3)33-9-11-36(12-10-33)47-32(4)52-29-65-47)45-26-42(56-64-45)35-17-21-57(22-18-35)38-19-23-58(24-20-38)37-15-13-34(14-16-37)41-25-43(54-55-48(41)51)40-7-5-6-8-44(40)61/h5-16,25-26,29-31,35,38,46,61,66H,17-24,27-28H2,1-4H3,(H2,51,55)(H,53,63)/t31-,46?,66-/m0/s1. The Bertz CT molecular complexity index is 2690. The highest BCUT2D eigenvalue weighted by Gasteiger charge is 2.45. The molecule has 342 valence electrons. The fourth-order valence-corrected chi connectivity index (χ4v) is 13.4. The quantitative estimate of drug-likeness (QED) is 0.100. The van der Waals surface area contributed by atoms with E-state index in [-0.39, 0.29) is 53.4 Å². The van der Waals surface area contributed by atoms with Crippen molar-refractivity contribution in [2.24, 2.45) is 5.92 Å². The van der Waals surface area contributed by atoms with Gasteiger partial charge in [-0.05, 0) is 106 Å². The predicted octanol–water partition coefficient (Wildman–Crippen LogP) is 8.29. The summed E-state index contributed by atoms with van der Waals surface area (Å²) >= 11 is 1.60. The van der Waals surface area contributed by atoms with Crippen molar-refractivity contribution in [3.63, 3.8) is 0 Å². The number of nitrogens with two attached hydrogens (primary N) is 1. The fourth-order valence-electron chi connectivity index (χ4n) is 9.96. The lowest BCUT2D eigenvalue weighted by Gasteiger charge is -2.42. The number of phenolic OH excluding ortho intramolecular Hbond substituents is 1. The molecule has 6 heterocycles. The van der Waals surface area contributed by atoms with Gasteiger partial charge in [-0.3, -0.25) is 14.4 Å². The summed E-state index contributed by atoms with van der Waals surface area (Å²) in [5.74, 6) is 0.136. The number of aryl methyl sites for hydroxylation is 1. The Morgan fingerprint density at radius 3 is 2.29 bits per heavy atom. The Kier molecular flexibility index (Phi) is 13.2. The lowest BCUT2D eigenvalue weighted by atomic mass is 9.88. The number of ketones is 1. The molecule has 0 spiro atoms. The van der Waals surface area contributed by atoms with Gasteiger partial charge in [0.15, 0.2) is 11.6 Å². The van der Waals surface area contributed by atoms with Crippen LogP contribution in [0.1, 0.15) is 87.0 Å². The topological polar surface area (TPSA) is 184 Å². The van der Waals surface area contributed by atoms with Crippen LogP contribution in [0.2, 0.25) is 6.04 Å². The number of amides is 2. The van der Waals surface area contributed by atoms with E-state index in [4.69, 9.17) is 10.3 Å². The van der Waals surface area contributed by atoms with Crippen LogP contribution in [0.4, 0.5) is 16.3 Å². The van der Waals surface area contributed by atoms with Gasteiger partial charge < -0.3 is 35.0 Å². The van der Waals surface area contributed by atoms with Crippen molar-refractivity contribution >= 4 is 49.0 Å². The number of likely N-dealkylation sites (tertiary alicyclic amines) is 1. The SMILES string of the molecule is Cc1ncsc1-c1ccc([C@H](C)NC(=O)[Si@@H]2CC(=O)CN2C(=O)C(c2cc(C3CCN(C4CCN(c5ccc(-c6cc(-c7ccccc7O)nnc6N)cc5)CC4)CC3)no2)C(C)C)cc1. The van der Waals surface area contributed by atoms with Gasteiger partial charge in [0.05, 0.1) is 40.1 Å². The first-order valence-corrected chi connectivity index (χ1v) is 25.8. The molecule has 16 heteroatoms. The Labute approximate surface area is 390 Å². The van der Waals surface area contributed by atoms with E-state index < -0.39 is 14.9 Å². The minimum Gasteiger partial charge on any atom is -0.507 e. The number of hydrogen-bond acceptors (Lipinski definition) is 13. The van der Waals surface area contributed by atoms with E-state index in [0.717, 1.165) is 90.4 Å². The van der Waals surface area contributed by atoms with Crippen molar-refractivity contribution in [3.8, 4) is 38.6 Å². The first-order valence-electron chi connectivity index (χ1n) is 23.0. The summed E-state index contributed by atoms with van der Waals surface area (Å²) in [5, 5.41) is 26.4. The molecule has 2 amide bonds. The monoisotopic (exact) mass is 923 g/mol. The molecule has 3 aromatic carbocycles. The van der Waals surface area contributed by atoms with Crippen LogP contribution in [-0.4, -0.2) is 99.9 Å². The predicted molar refractivity (Wildman–Crippen MR) is 260 cm³/mol. The number of nitrogens with zero attached hydrogens (tertiary/aromatic N) is 7. The van der Waals surface area contributed by atoms with E-state index in [0.29, 0.717) is 28.9 Å². The first kappa shape index (κ1) is 44.9. The molecule has 3 aliphatic heterocycles. The van der Waals surface area contributed by atoms with Crippen molar-refractivity contribution in [1.82, 2.24) is 35.1 Å². The number of nitrogen functional groups attached to an aromatic ring is 1. The number of carbonyl (C=O) groups is 3. The Morgan fingerprint density at radius 1 is 0.894 bits per heavy atom. The zero-order chi connectivity index (χ0) is 46.1. The van der Waals surface area contributed by atoms with Gasteiger partial charge in [-0.2, -0.15) is 0 Å². The molecule has 0 radical (unpaired) electrons. The molecular formula is C50H57N9O5SSi. The average molecular weight is 924 g/mol. The van der Waals surface area contributed by atoms with Crippen LogP contribution >= 0.6 is 11.3 Å². The average Bonchev–Trinajstić information content (AvgIpc) is 4.10. The van der Waals surface area contributed by atoms with E-state index in [1.165, 1.54) is 5.69 Å². The molecule has 3 saturated heterocycles. The number of rotatable bonds is 12. The molecule has 3 atom stereocenters. The molecule has 3 fully saturated rings. The summed E-state index contributed by atoms with van der Waals surface area (Å²) in [6.45, 7) is 11.7. The second-order valence-electron chi connectivity index (χ2n) is 18.3. The molecule has 9 rings (SSSR count). The first-order chi connectivity index (χ1) is 31.9. The van der Waals surface area contributed by atoms with Crippen LogP contribution in [-0.2, 0) is 9.59 Å². The van der Waals surface area contributed by atoms with E-state index in [1.54, 1.807) is 28.0 Å². The number of benzene rings is 3. The molecule has 0 saturated carbocycles. The number of aromatic nitrogens is 4. The minimum absolute atomic E-state index is 0.0439. The van der Waals surface area contributed by atoms with Crippen LogP contribution in [0.3, 0.4) is 0 Å². The highest BCUT2D eigenvalue weighted by Crippen LogP contribution is 2.37. The molecule has 66 heavy (non-hydrogen) atoms. The van der Waals surface area contributed by atoms with Crippen LogP contribution in [0.15, 0.2) is 95.0 Å². The highest BCUT2D eigenvalue weighted by atomic mass is 32.1. The van der Waals surface area contributed by atoms with Crippen molar-refractivity contribution in [1.29, 1.82) is 0 Å². The van der Waals surface area contributed by atoms with Crippen LogP contribution in [0, 0.1) is 12.8 Å². The van der Waals surface area contributed by atoms with Crippen LogP contribution in [0.5, 0.6) is 5.75 Å². The third kappa shape index (κ3) is 9.39. The van der Waals surface area contributed by atoms with Gasteiger partial charge in [-0.25, -0.2) is 4.98 Å². The van der Waals surface area contributed by atoms with Gasteiger partial charge in [-0.1, -0.05) is 67.5 Å². The Balaban J connectivity index is 0.773. The summed E-state index contributed by atoms with van der Waals surface area (Å²) in [4.78, 5) is 51.6. The number of aromatic hydroxyl groups is 1. The minimum atomic E-state index is -2.66. The number of phenols is 1. The second-order valence-corrected chi connectivity index (χ2v) is 21.8. The number of piperidine rings is 2. The van der Waals surface area contributed by atoms with Crippen molar-refractivity contribution in [2.75, 3.05) is 43.4 Å². The third-order valence-electron chi connectivity index (χ3n) is 13.8. The number of thiazole rings is 1. The van der Waals surface area contributed by atoms with Gasteiger partial charge in [0.2, 0.25) is 11.4 Å². The zero-order valence-electron chi connectivity index (χ0n) is 37.9. The molecule has 0 aliphatic carbocycles. The number of Topliss-reactive ketones (excluding diaryl/α,β-unsaturated/α-hetero) is 1. The lowest BCUT2D eigenvalue weighted by Crippen LogP contribution is -2.51. The lowest BCUT2D eigenvalue weighted by molar-refractivity contribution is -0.131. The molecule has 4 N–H and O–H groups in total. The van der Waals surface area contributed by atoms with E-state index >= 15 is 0 Å². The van der Waals surface area contributed by atoms with Gasteiger partial charge in [-0.15, -0.1) is 21.5 Å². The Hall–Kier alpha value is -6.23. The largest absolute Gasteiger partial charge is 0.507 e. The maximum Gasteiger partial charge on any atom is 0.253 e. The fraction of sp³-hybridized carbons (Fsp3) is 0.380. The maximum atomic E-state index is 14.4.